The van der Waals surface area contributed by atoms with Crippen molar-refractivity contribution in [3.05, 3.63) is 18.2 Å². The van der Waals surface area contributed by atoms with Crippen molar-refractivity contribution in [1.29, 1.82) is 0 Å². The van der Waals surface area contributed by atoms with Crippen LogP contribution in [0.4, 0.5) is 5.82 Å². The number of rotatable bonds is 3. The van der Waals surface area contributed by atoms with E-state index in [2.05, 4.69) is 16.8 Å². The summed E-state index contributed by atoms with van der Waals surface area (Å²) in [5.74, 6) is 1.64. The predicted octanol–water partition coefficient (Wildman–Crippen LogP) is 1.80. The highest BCUT2D eigenvalue weighted by atomic mass is 16.5. The fraction of sp³-hybridized carbons (Fsp3) is 0.615. The van der Waals surface area contributed by atoms with Crippen LogP contribution in [-0.4, -0.2) is 30.7 Å². The third-order valence-electron chi connectivity index (χ3n) is 3.48. The molecule has 1 saturated heterocycles. The van der Waals surface area contributed by atoms with Gasteiger partial charge in [-0.25, -0.2) is 0 Å². The Bertz CT molecular complexity index is 369. The van der Waals surface area contributed by atoms with E-state index < -0.39 is 0 Å². The summed E-state index contributed by atoms with van der Waals surface area (Å²) in [6.07, 6.45) is 3.61. The lowest BCUT2D eigenvalue weighted by molar-refractivity contribution is 0.383. The highest BCUT2D eigenvalue weighted by Crippen LogP contribution is 2.28. The average molecular weight is 235 g/mol. The number of anilines is 1. The lowest BCUT2D eigenvalue weighted by atomic mass is 9.96. The Hall–Kier alpha value is -1.29. The second kappa shape index (κ2) is 5.36. The molecule has 1 aliphatic rings. The highest BCUT2D eigenvalue weighted by molar-refractivity contribution is 5.43. The van der Waals surface area contributed by atoms with Gasteiger partial charge in [-0.3, -0.25) is 0 Å². The van der Waals surface area contributed by atoms with Crippen LogP contribution in [0, 0.1) is 0 Å². The quantitative estimate of drug-likeness (QED) is 0.868. The van der Waals surface area contributed by atoms with Crippen LogP contribution in [0.5, 0.6) is 5.88 Å². The molecule has 0 radical (unpaired) electrons. The maximum absolute atomic E-state index is 5.86. The van der Waals surface area contributed by atoms with E-state index in [9.17, 15) is 0 Å². The Labute approximate surface area is 103 Å². The first-order valence-electron chi connectivity index (χ1n) is 6.25. The fourth-order valence-electron chi connectivity index (χ4n) is 2.59. The van der Waals surface area contributed by atoms with Crippen molar-refractivity contribution in [2.75, 3.05) is 18.6 Å². The largest absolute Gasteiger partial charge is 0.481 e. The molecule has 4 nitrogen and oxygen atoms in total. The third-order valence-corrected chi connectivity index (χ3v) is 3.48. The molecule has 0 bridgehead atoms. The van der Waals surface area contributed by atoms with Crippen molar-refractivity contribution in [2.24, 2.45) is 5.73 Å². The van der Waals surface area contributed by atoms with E-state index in [-0.39, 0.29) is 0 Å². The topological polar surface area (TPSA) is 51.4 Å². The lowest BCUT2D eigenvalue weighted by Gasteiger charge is -2.41. The minimum atomic E-state index is 0.401. The fourth-order valence-corrected chi connectivity index (χ4v) is 2.59. The molecule has 0 aromatic carbocycles. The number of hydrogen-bond acceptors (Lipinski definition) is 4. The number of pyridine rings is 1. The maximum atomic E-state index is 5.86. The van der Waals surface area contributed by atoms with E-state index >= 15 is 0 Å². The van der Waals surface area contributed by atoms with Crippen molar-refractivity contribution in [3.8, 4) is 5.88 Å². The smallest absolute Gasteiger partial charge is 0.214 e. The summed E-state index contributed by atoms with van der Waals surface area (Å²) >= 11 is 0. The molecule has 2 heterocycles. The monoisotopic (exact) mass is 235 g/mol. The third kappa shape index (κ3) is 2.52. The summed E-state index contributed by atoms with van der Waals surface area (Å²) in [7, 11) is 1.65. The van der Waals surface area contributed by atoms with Gasteiger partial charge in [0.1, 0.15) is 5.82 Å². The zero-order chi connectivity index (χ0) is 12.3. The second-order valence-corrected chi connectivity index (χ2v) is 4.61. The molecule has 0 spiro atoms. The van der Waals surface area contributed by atoms with Gasteiger partial charge in [-0.15, -0.1) is 0 Å². The first-order valence-corrected chi connectivity index (χ1v) is 6.25. The summed E-state index contributed by atoms with van der Waals surface area (Å²) < 4.78 is 5.18. The number of nitrogens with zero attached hydrogens (tertiary/aromatic N) is 2. The minimum Gasteiger partial charge on any atom is -0.481 e. The van der Waals surface area contributed by atoms with Crippen molar-refractivity contribution >= 4 is 5.82 Å². The van der Waals surface area contributed by atoms with E-state index in [1.54, 1.807) is 7.11 Å². The number of piperidine rings is 1. The van der Waals surface area contributed by atoms with Crippen LogP contribution in [0.1, 0.15) is 26.2 Å². The van der Waals surface area contributed by atoms with Crippen LogP contribution in [0.25, 0.3) is 0 Å². The van der Waals surface area contributed by atoms with Crippen LogP contribution in [-0.2, 0) is 0 Å². The molecule has 4 heteroatoms. The van der Waals surface area contributed by atoms with Gasteiger partial charge in [0.2, 0.25) is 5.88 Å². The van der Waals surface area contributed by atoms with Crippen molar-refractivity contribution < 1.29 is 4.74 Å². The normalized spacial score (nSPS) is 24.8. The van der Waals surface area contributed by atoms with E-state index in [1.807, 2.05) is 18.2 Å². The van der Waals surface area contributed by atoms with Gasteiger partial charge in [0, 0.05) is 24.7 Å². The molecular formula is C13H21N3O. The predicted molar refractivity (Wildman–Crippen MR) is 69.4 cm³/mol. The zero-order valence-corrected chi connectivity index (χ0v) is 10.6. The molecular weight excluding hydrogens is 214 g/mol. The molecule has 0 aliphatic carbocycles. The Morgan fingerprint density at radius 2 is 2.29 bits per heavy atom. The molecule has 1 fully saturated rings. The van der Waals surface area contributed by atoms with E-state index in [4.69, 9.17) is 10.5 Å². The van der Waals surface area contributed by atoms with Crippen LogP contribution < -0.4 is 15.4 Å². The zero-order valence-electron chi connectivity index (χ0n) is 10.6. The van der Waals surface area contributed by atoms with Crippen LogP contribution >= 0.6 is 0 Å². The van der Waals surface area contributed by atoms with Gasteiger partial charge in [0.05, 0.1) is 7.11 Å². The van der Waals surface area contributed by atoms with Crippen molar-refractivity contribution in [3.63, 3.8) is 0 Å². The van der Waals surface area contributed by atoms with Crippen LogP contribution in [0.3, 0.4) is 0 Å². The Morgan fingerprint density at radius 1 is 1.47 bits per heavy atom. The van der Waals surface area contributed by atoms with Crippen molar-refractivity contribution in [1.82, 2.24) is 4.98 Å². The number of aromatic nitrogens is 1. The molecule has 1 aliphatic heterocycles. The van der Waals surface area contributed by atoms with Gasteiger partial charge in [-0.05, 0) is 32.3 Å². The molecule has 2 unspecified atom stereocenters. The van der Waals surface area contributed by atoms with Gasteiger partial charge in [-0.2, -0.15) is 4.98 Å². The first kappa shape index (κ1) is 12.2. The molecule has 2 N–H and O–H groups in total. The first-order chi connectivity index (χ1) is 8.26. The van der Waals surface area contributed by atoms with Gasteiger partial charge in [0.15, 0.2) is 0 Å². The highest BCUT2D eigenvalue weighted by Gasteiger charge is 2.27. The second-order valence-electron chi connectivity index (χ2n) is 4.61. The Kier molecular flexibility index (Phi) is 3.84. The minimum absolute atomic E-state index is 0.401. The maximum Gasteiger partial charge on any atom is 0.214 e. The molecule has 2 rings (SSSR count). The number of methoxy groups -OCH3 is 1. The SMILES string of the molecule is COc1cccc(N2C(C)CCCC2CN)n1. The number of ether oxygens (including phenoxy) is 1. The standard InChI is InChI=1S/C13H21N3O/c1-10-5-3-6-11(9-14)16(10)12-7-4-8-13(15-12)17-2/h4,7-8,10-11H,3,5-6,9,14H2,1-2H3. The number of nitrogens with two attached hydrogens (primary N) is 1. The van der Waals surface area contributed by atoms with Gasteiger partial charge in [-0.1, -0.05) is 6.07 Å². The Morgan fingerprint density at radius 3 is 3.00 bits per heavy atom. The van der Waals surface area contributed by atoms with Gasteiger partial charge in [0.25, 0.3) is 0 Å². The van der Waals surface area contributed by atoms with Crippen LogP contribution in [0.15, 0.2) is 18.2 Å². The number of hydrogen-bond donors (Lipinski definition) is 1. The average Bonchev–Trinajstić information content (AvgIpc) is 2.38. The summed E-state index contributed by atoms with van der Waals surface area (Å²) in [6.45, 7) is 2.92. The molecule has 1 aromatic rings. The summed E-state index contributed by atoms with van der Waals surface area (Å²) in [5, 5.41) is 0. The van der Waals surface area contributed by atoms with Crippen LogP contribution in [0.2, 0.25) is 0 Å². The molecule has 1 aromatic heterocycles. The van der Waals surface area contributed by atoms with Gasteiger partial charge >= 0.3 is 0 Å². The summed E-state index contributed by atoms with van der Waals surface area (Å²) in [5.41, 5.74) is 5.86. The molecule has 2 atom stereocenters. The van der Waals surface area contributed by atoms with Gasteiger partial charge < -0.3 is 15.4 Å². The van der Waals surface area contributed by atoms with E-state index in [1.165, 1.54) is 12.8 Å². The van der Waals surface area contributed by atoms with E-state index in [0.717, 1.165) is 12.2 Å². The lowest BCUT2D eigenvalue weighted by Crippen LogP contribution is -2.49. The molecule has 0 saturated carbocycles. The van der Waals surface area contributed by atoms with Crippen molar-refractivity contribution in [2.45, 2.75) is 38.3 Å². The Balaban J connectivity index is 2.27. The van der Waals surface area contributed by atoms with E-state index in [0.29, 0.717) is 24.5 Å². The molecule has 0 amide bonds. The summed E-state index contributed by atoms with van der Waals surface area (Å²) in [6, 6.07) is 6.79. The molecule has 94 valence electrons. The summed E-state index contributed by atoms with van der Waals surface area (Å²) in [4.78, 5) is 6.85. The molecule has 17 heavy (non-hydrogen) atoms.